The number of nitrogens with one attached hydrogen (secondary N) is 2. The molecule has 2 rings (SSSR count). The second-order valence-corrected chi connectivity index (χ2v) is 5.43. The third-order valence-electron chi connectivity index (χ3n) is 4.12. The summed E-state index contributed by atoms with van der Waals surface area (Å²) in [5, 5.41) is 7.15. The van der Waals surface area contributed by atoms with E-state index < -0.39 is 0 Å². The van der Waals surface area contributed by atoms with E-state index >= 15 is 0 Å². The Balaban J connectivity index is 2.03. The average Bonchev–Trinajstić information content (AvgIpc) is 2.46. The molecule has 1 saturated heterocycles. The Kier molecular flexibility index (Phi) is 5.21. The van der Waals surface area contributed by atoms with Gasteiger partial charge in [0, 0.05) is 12.0 Å². The van der Waals surface area contributed by atoms with Gasteiger partial charge in [0.05, 0.1) is 0 Å². The van der Waals surface area contributed by atoms with Crippen LogP contribution in [0.1, 0.15) is 38.2 Å². The van der Waals surface area contributed by atoms with Crippen molar-refractivity contribution in [3.63, 3.8) is 0 Å². The molecule has 1 heterocycles. The lowest BCUT2D eigenvalue weighted by Crippen LogP contribution is -2.46. The normalized spacial score (nSPS) is 18.7. The predicted molar refractivity (Wildman–Crippen MR) is 78.0 cm³/mol. The van der Waals surface area contributed by atoms with Crippen LogP contribution in [0.5, 0.6) is 0 Å². The Morgan fingerprint density at radius 2 is 1.89 bits per heavy atom. The van der Waals surface area contributed by atoms with Crippen LogP contribution >= 0.6 is 0 Å². The van der Waals surface area contributed by atoms with Crippen molar-refractivity contribution in [3.05, 3.63) is 35.9 Å². The zero-order chi connectivity index (χ0) is 12.7. The van der Waals surface area contributed by atoms with Crippen LogP contribution in [-0.2, 0) is 5.41 Å². The van der Waals surface area contributed by atoms with E-state index in [0.717, 1.165) is 26.2 Å². The molecule has 18 heavy (non-hydrogen) atoms. The summed E-state index contributed by atoms with van der Waals surface area (Å²) in [6.07, 6.45) is 5.04. The number of unbranched alkanes of at least 4 members (excludes halogenated alkanes) is 1. The van der Waals surface area contributed by atoms with Gasteiger partial charge in [-0.25, -0.2) is 0 Å². The highest BCUT2D eigenvalue weighted by Crippen LogP contribution is 2.32. The standard InChI is InChI=1S/C16H26N2/c1-2-3-11-18-14-16(9-12-17-13-10-16)15-7-5-4-6-8-15/h4-8,17-18H,2-3,9-14H2,1H3. The van der Waals surface area contributed by atoms with Crippen LogP contribution < -0.4 is 10.6 Å². The van der Waals surface area contributed by atoms with Gasteiger partial charge in [-0.05, 0) is 44.5 Å². The lowest BCUT2D eigenvalue weighted by Gasteiger charge is -2.38. The minimum atomic E-state index is 0.347. The van der Waals surface area contributed by atoms with Crippen molar-refractivity contribution in [1.29, 1.82) is 0 Å². The van der Waals surface area contributed by atoms with Crippen LogP contribution in [0.2, 0.25) is 0 Å². The van der Waals surface area contributed by atoms with Crippen LogP contribution in [0.25, 0.3) is 0 Å². The number of hydrogen-bond donors (Lipinski definition) is 2. The molecule has 100 valence electrons. The van der Waals surface area contributed by atoms with Crippen LogP contribution in [0.4, 0.5) is 0 Å². The number of benzene rings is 1. The molecule has 0 bridgehead atoms. The van der Waals surface area contributed by atoms with Gasteiger partial charge in [0.25, 0.3) is 0 Å². The quantitative estimate of drug-likeness (QED) is 0.754. The van der Waals surface area contributed by atoms with Gasteiger partial charge < -0.3 is 10.6 Å². The summed E-state index contributed by atoms with van der Waals surface area (Å²) in [6, 6.07) is 11.1. The molecule has 2 nitrogen and oxygen atoms in total. The molecule has 0 aromatic heterocycles. The highest BCUT2D eigenvalue weighted by Gasteiger charge is 2.33. The molecule has 1 fully saturated rings. The molecule has 0 amide bonds. The zero-order valence-electron chi connectivity index (χ0n) is 11.5. The molecule has 0 unspecified atom stereocenters. The third-order valence-corrected chi connectivity index (χ3v) is 4.12. The molecule has 2 N–H and O–H groups in total. The molecule has 1 aliphatic rings. The van der Waals surface area contributed by atoms with Crippen LogP contribution in [0, 0.1) is 0 Å². The summed E-state index contributed by atoms with van der Waals surface area (Å²) >= 11 is 0. The van der Waals surface area contributed by atoms with Crippen molar-refractivity contribution in [2.75, 3.05) is 26.2 Å². The molecule has 0 saturated carbocycles. The second-order valence-electron chi connectivity index (χ2n) is 5.43. The maximum absolute atomic E-state index is 3.67. The fourth-order valence-electron chi connectivity index (χ4n) is 2.89. The van der Waals surface area contributed by atoms with E-state index in [1.165, 1.54) is 31.2 Å². The molecule has 1 aromatic rings. The lowest BCUT2D eigenvalue weighted by atomic mass is 9.73. The first-order valence-corrected chi connectivity index (χ1v) is 7.34. The molecular weight excluding hydrogens is 220 g/mol. The summed E-state index contributed by atoms with van der Waals surface area (Å²) in [5.74, 6) is 0. The minimum Gasteiger partial charge on any atom is -0.317 e. The first kappa shape index (κ1) is 13.6. The smallest absolute Gasteiger partial charge is 0.0102 e. The summed E-state index contributed by atoms with van der Waals surface area (Å²) in [7, 11) is 0. The van der Waals surface area contributed by atoms with Gasteiger partial charge in [-0.3, -0.25) is 0 Å². The van der Waals surface area contributed by atoms with Gasteiger partial charge in [0.2, 0.25) is 0 Å². The fraction of sp³-hybridized carbons (Fsp3) is 0.625. The molecular formula is C16H26N2. The number of piperidine rings is 1. The van der Waals surface area contributed by atoms with Crippen molar-refractivity contribution < 1.29 is 0 Å². The van der Waals surface area contributed by atoms with E-state index in [9.17, 15) is 0 Å². The largest absolute Gasteiger partial charge is 0.317 e. The van der Waals surface area contributed by atoms with Crippen LogP contribution in [-0.4, -0.2) is 26.2 Å². The Morgan fingerprint density at radius 3 is 2.56 bits per heavy atom. The Bertz CT molecular complexity index is 328. The van der Waals surface area contributed by atoms with E-state index in [0.29, 0.717) is 5.41 Å². The third kappa shape index (κ3) is 3.33. The first-order valence-electron chi connectivity index (χ1n) is 7.34. The van der Waals surface area contributed by atoms with E-state index in [1.807, 2.05) is 0 Å². The van der Waals surface area contributed by atoms with E-state index in [1.54, 1.807) is 0 Å². The highest BCUT2D eigenvalue weighted by atomic mass is 14.9. The van der Waals surface area contributed by atoms with Gasteiger partial charge in [-0.15, -0.1) is 0 Å². The van der Waals surface area contributed by atoms with E-state index in [4.69, 9.17) is 0 Å². The van der Waals surface area contributed by atoms with Gasteiger partial charge in [0.1, 0.15) is 0 Å². The van der Waals surface area contributed by atoms with E-state index in [-0.39, 0.29) is 0 Å². The van der Waals surface area contributed by atoms with Crippen LogP contribution in [0.15, 0.2) is 30.3 Å². The molecule has 0 radical (unpaired) electrons. The van der Waals surface area contributed by atoms with Crippen molar-refractivity contribution in [1.82, 2.24) is 10.6 Å². The van der Waals surface area contributed by atoms with Gasteiger partial charge in [-0.1, -0.05) is 43.7 Å². The monoisotopic (exact) mass is 246 g/mol. The predicted octanol–water partition coefficient (Wildman–Crippen LogP) is 2.70. The maximum Gasteiger partial charge on any atom is 0.0102 e. The summed E-state index contributed by atoms with van der Waals surface area (Å²) in [4.78, 5) is 0. The average molecular weight is 246 g/mol. The van der Waals surface area contributed by atoms with Crippen molar-refractivity contribution in [2.45, 2.75) is 38.0 Å². The van der Waals surface area contributed by atoms with E-state index in [2.05, 4.69) is 47.9 Å². The molecule has 2 heteroatoms. The summed E-state index contributed by atoms with van der Waals surface area (Å²) < 4.78 is 0. The van der Waals surface area contributed by atoms with Gasteiger partial charge in [0.15, 0.2) is 0 Å². The molecule has 0 atom stereocenters. The molecule has 1 aliphatic heterocycles. The van der Waals surface area contributed by atoms with Crippen molar-refractivity contribution in [2.24, 2.45) is 0 Å². The number of rotatable bonds is 6. The fourth-order valence-corrected chi connectivity index (χ4v) is 2.89. The van der Waals surface area contributed by atoms with Crippen molar-refractivity contribution >= 4 is 0 Å². The highest BCUT2D eigenvalue weighted by molar-refractivity contribution is 5.27. The molecule has 0 aliphatic carbocycles. The second kappa shape index (κ2) is 6.91. The van der Waals surface area contributed by atoms with Gasteiger partial charge >= 0.3 is 0 Å². The minimum absolute atomic E-state index is 0.347. The first-order chi connectivity index (χ1) is 8.87. The molecule has 1 aromatic carbocycles. The SMILES string of the molecule is CCCCNCC1(c2ccccc2)CCNCC1. The van der Waals surface area contributed by atoms with Gasteiger partial charge in [-0.2, -0.15) is 0 Å². The summed E-state index contributed by atoms with van der Waals surface area (Å²) in [5.41, 5.74) is 1.86. The Hall–Kier alpha value is -0.860. The number of hydrogen-bond acceptors (Lipinski definition) is 2. The lowest BCUT2D eigenvalue weighted by molar-refractivity contribution is 0.293. The Labute approximate surface area is 111 Å². The molecule has 0 spiro atoms. The Morgan fingerprint density at radius 1 is 1.17 bits per heavy atom. The van der Waals surface area contributed by atoms with Crippen LogP contribution in [0.3, 0.4) is 0 Å². The summed E-state index contributed by atoms with van der Waals surface area (Å²) in [6.45, 7) is 6.81. The topological polar surface area (TPSA) is 24.1 Å². The maximum atomic E-state index is 3.67. The zero-order valence-corrected chi connectivity index (χ0v) is 11.5. The van der Waals surface area contributed by atoms with Crippen molar-refractivity contribution in [3.8, 4) is 0 Å².